The lowest BCUT2D eigenvalue weighted by atomic mass is 10.2. The second kappa shape index (κ2) is 6.24. The summed E-state index contributed by atoms with van der Waals surface area (Å²) >= 11 is 5.21. The van der Waals surface area contributed by atoms with Gasteiger partial charge >= 0.3 is 0 Å². The molecule has 2 aromatic rings. The van der Waals surface area contributed by atoms with Crippen LogP contribution >= 0.6 is 27.3 Å². The van der Waals surface area contributed by atoms with Gasteiger partial charge in [0.15, 0.2) is 0 Å². The molecule has 1 saturated carbocycles. The lowest BCUT2D eigenvalue weighted by Gasteiger charge is -2.09. The molecule has 1 N–H and O–H groups in total. The molecule has 0 amide bonds. The molecule has 0 spiro atoms. The van der Waals surface area contributed by atoms with Gasteiger partial charge in [-0.05, 0) is 53.4 Å². The molecule has 0 radical (unpaired) electrons. The van der Waals surface area contributed by atoms with E-state index in [-0.39, 0.29) is 0 Å². The number of benzene rings is 1. The van der Waals surface area contributed by atoms with Crippen LogP contribution in [0.15, 0.2) is 28.1 Å². The Balaban J connectivity index is 1.58. The molecule has 0 bridgehead atoms. The third-order valence-corrected chi connectivity index (χ3v) is 4.75. The maximum atomic E-state index is 5.81. The minimum absolute atomic E-state index is 0.525. The van der Waals surface area contributed by atoms with E-state index in [9.17, 15) is 0 Å². The molecular formula is C15H17BrN2OS. The minimum Gasteiger partial charge on any atom is -0.485 e. The molecule has 3 rings (SSSR count). The Morgan fingerprint density at radius 1 is 1.45 bits per heavy atom. The van der Waals surface area contributed by atoms with Crippen LogP contribution in [0.4, 0.5) is 0 Å². The summed E-state index contributed by atoms with van der Waals surface area (Å²) in [4.78, 5) is 4.40. The van der Waals surface area contributed by atoms with Crippen LogP contribution in [0, 0.1) is 6.92 Å². The fraction of sp³-hybridized carbons (Fsp3) is 0.400. The Morgan fingerprint density at radius 2 is 2.30 bits per heavy atom. The zero-order valence-electron chi connectivity index (χ0n) is 11.4. The van der Waals surface area contributed by atoms with E-state index in [1.165, 1.54) is 18.4 Å². The fourth-order valence-corrected chi connectivity index (χ4v) is 3.15. The lowest BCUT2D eigenvalue weighted by Crippen LogP contribution is -2.15. The van der Waals surface area contributed by atoms with Crippen molar-refractivity contribution in [3.05, 3.63) is 44.3 Å². The predicted molar refractivity (Wildman–Crippen MR) is 85.2 cm³/mol. The first kappa shape index (κ1) is 14.0. The number of halogens is 1. The van der Waals surface area contributed by atoms with E-state index >= 15 is 0 Å². The summed E-state index contributed by atoms with van der Waals surface area (Å²) in [6.45, 7) is 3.45. The first-order valence-electron chi connectivity index (χ1n) is 6.76. The van der Waals surface area contributed by atoms with Crippen LogP contribution < -0.4 is 10.1 Å². The maximum absolute atomic E-state index is 5.81. The molecule has 0 aliphatic heterocycles. The highest BCUT2D eigenvalue weighted by Crippen LogP contribution is 2.28. The van der Waals surface area contributed by atoms with Crippen molar-refractivity contribution in [2.45, 2.75) is 39.0 Å². The maximum Gasteiger partial charge on any atom is 0.140 e. The molecule has 3 nitrogen and oxygen atoms in total. The SMILES string of the molecule is Cc1csc(COc2ccc(CNC3CC3)cc2Br)n1. The molecule has 0 saturated heterocycles. The van der Waals surface area contributed by atoms with E-state index in [1.54, 1.807) is 11.3 Å². The zero-order valence-corrected chi connectivity index (χ0v) is 13.8. The van der Waals surface area contributed by atoms with Gasteiger partial charge in [0.05, 0.1) is 4.47 Å². The minimum atomic E-state index is 0.525. The first-order valence-corrected chi connectivity index (χ1v) is 8.43. The van der Waals surface area contributed by atoms with Gasteiger partial charge in [0, 0.05) is 23.7 Å². The number of ether oxygens (including phenoxy) is 1. The van der Waals surface area contributed by atoms with Crippen molar-refractivity contribution in [3.63, 3.8) is 0 Å². The van der Waals surface area contributed by atoms with Crippen molar-refractivity contribution in [2.24, 2.45) is 0 Å². The van der Waals surface area contributed by atoms with Crippen molar-refractivity contribution in [1.82, 2.24) is 10.3 Å². The highest BCUT2D eigenvalue weighted by Gasteiger charge is 2.20. The second-order valence-electron chi connectivity index (χ2n) is 5.09. The molecule has 5 heteroatoms. The van der Waals surface area contributed by atoms with Crippen molar-refractivity contribution in [1.29, 1.82) is 0 Å². The molecule has 20 heavy (non-hydrogen) atoms. The third kappa shape index (κ3) is 3.81. The second-order valence-corrected chi connectivity index (χ2v) is 6.89. The Kier molecular flexibility index (Phi) is 4.38. The number of rotatable bonds is 6. The number of aromatic nitrogens is 1. The quantitative estimate of drug-likeness (QED) is 0.851. The normalized spacial score (nSPS) is 14.5. The summed E-state index contributed by atoms with van der Waals surface area (Å²) < 4.78 is 6.81. The van der Waals surface area contributed by atoms with Gasteiger partial charge in [0.1, 0.15) is 17.4 Å². The molecule has 1 aliphatic rings. The number of nitrogens with one attached hydrogen (secondary N) is 1. The molecule has 106 valence electrons. The Hall–Kier alpha value is -0.910. The molecule has 1 aliphatic carbocycles. The number of thiazole rings is 1. The Morgan fingerprint density at radius 3 is 2.95 bits per heavy atom. The van der Waals surface area contributed by atoms with Gasteiger partial charge in [0.2, 0.25) is 0 Å². The highest BCUT2D eigenvalue weighted by atomic mass is 79.9. The van der Waals surface area contributed by atoms with Gasteiger partial charge < -0.3 is 10.1 Å². The Labute approximate surface area is 131 Å². The first-order chi connectivity index (χ1) is 9.70. The van der Waals surface area contributed by atoms with Crippen LogP contribution in [0.25, 0.3) is 0 Å². The van der Waals surface area contributed by atoms with Crippen molar-refractivity contribution in [2.75, 3.05) is 0 Å². The molecule has 1 aromatic carbocycles. The van der Waals surface area contributed by atoms with Crippen molar-refractivity contribution >= 4 is 27.3 Å². The van der Waals surface area contributed by atoms with Crippen LogP contribution in [-0.2, 0) is 13.2 Å². The number of aryl methyl sites for hydroxylation is 1. The van der Waals surface area contributed by atoms with Gasteiger partial charge in [-0.3, -0.25) is 0 Å². The third-order valence-electron chi connectivity index (χ3n) is 3.19. The highest BCUT2D eigenvalue weighted by molar-refractivity contribution is 9.10. The van der Waals surface area contributed by atoms with E-state index in [4.69, 9.17) is 4.74 Å². The topological polar surface area (TPSA) is 34.1 Å². The molecular weight excluding hydrogens is 336 g/mol. The van der Waals surface area contributed by atoms with Crippen LogP contribution in [-0.4, -0.2) is 11.0 Å². The van der Waals surface area contributed by atoms with Gasteiger partial charge in [-0.25, -0.2) is 4.98 Å². The van der Waals surface area contributed by atoms with E-state index < -0.39 is 0 Å². The monoisotopic (exact) mass is 352 g/mol. The number of hydrogen-bond acceptors (Lipinski definition) is 4. The summed E-state index contributed by atoms with van der Waals surface area (Å²) in [5, 5.41) is 6.56. The van der Waals surface area contributed by atoms with E-state index in [2.05, 4.69) is 38.4 Å². The smallest absolute Gasteiger partial charge is 0.140 e. The van der Waals surface area contributed by atoms with Gasteiger partial charge in [-0.2, -0.15) is 0 Å². The average Bonchev–Trinajstić information content (AvgIpc) is 3.17. The summed E-state index contributed by atoms with van der Waals surface area (Å²) in [5.41, 5.74) is 2.33. The molecule has 1 heterocycles. The van der Waals surface area contributed by atoms with Gasteiger partial charge in [-0.1, -0.05) is 6.07 Å². The predicted octanol–water partition coefficient (Wildman–Crippen LogP) is 4.05. The van der Waals surface area contributed by atoms with E-state index in [0.717, 1.165) is 33.5 Å². The Bertz CT molecular complexity index is 595. The molecule has 1 fully saturated rings. The number of hydrogen-bond donors (Lipinski definition) is 1. The van der Waals surface area contributed by atoms with Crippen LogP contribution in [0.1, 0.15) is 29.1 Å². The standard InChI is InChI=1S/C15H17BrN2OS/c1-10-9-20-15(18-10)8-19-14-5-2-11(6-13(14)16)7-17-12-3-4-12/h2,5-6,9,12,17H,3-4,7-8H2,1H3. The largest absolute Gasteiger partial charge is 0.485 e. The van der Waals surface area contributed by atoms with E-state index in [1.807, 2.05) is 18.4 Å². The molecule has 0 atom stereocenters. The van der Waals surface area contributed by atoms with Gasteiger partial charge in [0.25, 0.3) is 0 Å². The van der Waals surface area contributed by atoms with Crippen LogP contribution in [0.5, 0.6) is 5.75 Å². The van der Waals surface area contributed by atoms with Crippen LogP contribution in [0.3, 0.4) is 0 Å². The average molecular weight is 353 g/mol. The molecule has 1 aromatic heterocycles. The molecule has 0 unspecified atom stereocenters. The lowest BCUT2D eigenvalue weighted by molar-refractivity contribution is 0.303. The summed E-state index contributed by atoms with van der Waals surface area (Å²) in [6, 6.07) is 6.99. The van der Waals surface area contributed by atoms with Gasteiger partial charge in [-0.15, -0.1) is 11.3 Å². The van der Waals surface area contributed by atoms with Crippen LogP contribution in [0.2, 0.25) is 0 Å². The van der Waals surface area contributed by atoms with Crippen molar-refractivity contribution < 1.29 is 4.74 Å². The zero-order chi connectivity index (χ0) is 13.9. The van der Waals surface area contributed by atoms with E-state index in [0.29, 0.717) is 6.61 Å². The summed E-state index contributed by atoms with van der Waals surface area (Å²) in [5.74, 6) is 0.869. The van der Waals surface area contributed by atoms with Crippen molar-refractivity contribution in [3.8, 4) is 5.75 Å². The number of nitrogens with zero attached hydrogens (tertiary/aromatic N) is 1. The summed E-state index contributed by atoms with van der Waals surface area (Å²) in [7, 11) is 0. The summed E-state index contributed by atoms with van der Waals surface area (Å²) in [6.07, 6.45) is 2.63. The fourth-order valence-electron chi connectivity index (χ4n) is 1.93.